The number of aromatic nitrogens is 3. The highest BCUT2D eigenvalue weighted by Gasteiger charge is 2.38. The van der Waals surface area contributed by atoms with Gasteiger partial charge in [-0.25, -0.2) is 9.48 Å². The van der Waals surface area contributed by atoms with Crippen molar-refractivity contribution in [3.63, 3.8) is 0 Å². The summed E-state index contributed by atoms with van der Waals surface area (Å²) in [6.07, 6.45) is 1.43. The van der Waals surface area contributed by atoms with Crippen molar-refractivity contribution in [2.75, 3.05) is 18.1 Å². The van der Waals surface area contributed by atoms with Gasteiger partial charge in [0.15, 0.2) is 0 Å². The van der Waals surface area contributed by atoms with E-state index in [1.54, 1.807) is 16.5 Å². The zero-order valence-corrected chi connectivity index (χ0v) is 19.0. The van der Waals surface area contributed by atoms with Gasteiger partial charge in [0.25, 0.3) is 0 Å². The van der Waals surface area contributed by atoms with Gasteiger partial charge in [0.05, 0.1) is 12.2 Å². The SMILES string of the molecule is CCOC(=O)C1=C(C)N(CC(=O)NCc2ccc(C)cc2)c2ncnn2[C@H]1c1ccccc1. The van der Waals surface area contributed by atoms with Gasteiger partial charge < -0.3 is 15.0 Å². The molecular weight excluding hydrogens is 418 g/mol. The first-order chi connectivity index (χ1) is 16.0. The van der Waals surface area contributed by atoms with Crippen LogP contribution in [0.4, 0.5) is 5.95 Å². The average Bonchev–Trinajstić information content (AvgIpc) is 3.30. The fraction of sp³-hybridized carbons (Fsp3) is 0.280. The van der Waals surface area contributed by atoms with Gasteiger partial charge in [-0.15, -0.1) is 0 Å². The molecule has 1 aromatic heterocycles. The minimum Gasteiger partial charge on any atom is -0.463 e. The summed E-state index contributed by atoms with van der Waals surface area (Å²) in [5.41, 5.74) is 4.12. The minimum atomic E-state index is -0.491. The molecule has 1 N–H and O–H groups in total. The highest BCUT2D eigenvalue weighted by Crippen LogP contribution is 2.38. The molecule has 170 valence electrons. The van der Waals surface area contributed by atoms with Crippen LogP contribution in [0.1, 0.15) is 36.6 Å². The van der Waals surface area contributed by atoms with Crippen molar-refractivity contribution in [1.82, 2.24) is 20.1 Å². The Morgan fingerprint density at radius 1 is 1.06 bits per heavy atom. The third-order valence-electron chi connectivity index (χ3n) is 5.63. The van der Waals surface area contributed by atoms with Gasteiger partial charge in [-0.2, -0.15) is 10.1 Å². The maximum atomic E-state index is 13.0. The van der Waals surface area contributed by atoms with Crippen LogP contribution in [0.5, 0.6) is 0 Å². The molecule has 0 spiro atoms. The van der Waals surface area contributed by atoms with Crippen molar-refractivity contribution in [2.45, 2.75) is 33.4 Å². The van der Waals surface area contributed by atoms with Crippen LogP contribution >= 0.6 is 0 Å². The van der Waals surface area contributed by atoms with E-state index in [2.05, 4.69) is 15.4 Å². The smallest absolute Gasteiger partial charge is 0.338 e. The van der Waals surface area contributed by atoms with Crippen molar-refractivity contribution < 1.29 is 14.3 Å². The quantitative estimate of drug-likeness (QED) is 0.562. The molecule has 4 rings (SSSR count). The number of hydrogen-bond donors (Lipinski definition) is 1. The van der Waals surface area contributed by atoms with E-state index in [4.69, 9.17) is 4.74 Å². The van der Waals surface area contributed by atoms with Crippen LogP contribution in [0.15, 0.2) is 72.2 Å². The normalized spacial score (nSPS) is 15.2. The number of aryl methyl sites for hydroxylation is 1. The molecule has 0 unspecified atom stereocenters. The molecule has 1 aliphatic heterocycles. The van der Waals surface area contributed by atoms with Crippen LogP contribution < -0.4 is 10.2 Å². The summed E-state index contributed by atoms with van der Waals surface area (Å²) in [5.74, 6) is -0.124. The molecule has 0 aliphatic carbocycles. The number of benzene rings is 2. The van der Waals surface area contributed by atoms with Gasteiger partial charge in [-0.05, 0) is 31.9 Å². The van der Waals surface area contributed by atoms with Crippen molar-refractivity contribution in [3.8, 4) is 0 Å². The fourth-order valence-corrected chi connectivity index (χ4v) is 3.94. The molecule has 0 saturated heterocycles. The maximum absolute atomic E-state index is 13.0. The summed E-state index contributed by atoms with van der Waals surface area (Å²) < 4.78 is 7.05. The lowest BCUT2D eigenvalue weighted by Crippen LogP contribution is -2.42. The van der Waals surface area contributed by atoms with Crippen LogP contribution in [-0.2, 0) is 20.9 Å². The molecule has 2 aromatic carbocycles. The van der Waals surface area contributed by atoms with Crippen LogP contribution in [0.2, 0.25) is 0 Å². The number of esters is 1. The minimum absolute atomic E-state index is 0.000796. The molecule has 8 heteroatoms. The molecule has 0 saturated carbocycles. The summed E-state index contributed by atoms with van der Waals surface area (Å²) in [7, 11) is 0. The van der Waals surface area contributed by atoms with Crippen LogP contribution in [0.3, 0.4) is 0 Å². The maximum Gasteiger partial charge on any atom is 0.338 e. The Hall–Kier alpha value is -3.94. The molecule has 8 nitrogen and oxygen atoms in total. The molecule has 2 heterocycles. The molecule has 0 bridgehead atoms. The first-order valence-corrected chi connectivity index (χ1v) is 10.9. The number of anilines is 1. The van der Waals surface area contributed by atoms with Crippen LogP contribution in [0, 0.1) is 6.92 Å². The van der Waals surface area contributed by atoms with E-state index in [0.717, 1.165) is 16.7 Å². The second-order valence-electron chi connectivity index (χ2n) is 7.89. The third kappa shape index (κ3) is 4.64. The lowest BCUT2D eigenvalue weighted by Gasteiger charge is -2.35. The van der Waals surface area contributed by atoms with Gasteiger partial charge in [0, 0.05) is 12.2 Å². The van der Waals surface area contributed by atoms with Gasteiger partial charge in [0.1, 0.15) is 18.9 Å². The van der Waals surface area contributed by atoms with Crippen molar-refractivity contribution in [3.05, 3.63) is 88.9 Å². The summed E-state index contributed by atoms with van der Waals surface area (Å²) >= 11 is 0. The molecule has 0 radical (unpaired) electrons. The second kappa shape index (κ2) is 9.68. The number of ether oxygens (including phenoxy) is 1. The van der Waals surface area contributed by atoms with E-state index in [-0.39, 0.29) is 19.1 Å². The van der Waals surface area contributed by atoms with Gasteiger partial charge in [-0.1, -0.05) is 60.2 Å². The van der Waals surface area contributed by atoms with Crippen molar-refractivity contribution >= 4 is 17.8 Å². The van der Waals surface area contributed by atoms with Crippen LogP contribution in [0.25, 0.3) is 0 Å². The first kappa shape index (κ1) is 22.3. The first-order valence-electron chi connectivity index (χ1n) is 10.9. The number of nitrogens with zero attached hydrogens (tertiary/aromatic N) is 4. The summed E-state index contributed by atoms with van der Waals surface area (Å²) in [6.45, 7) is 6.27. The molecule has 33 heavy (non-hydrogen) atoms. The van der Waals surface area contributed by atoms with Crippen molar-refractivity contribution in [2.24, 2.45) is 0 Å². The number of hydrogen-bond acceptors (Lipinski definition) is 6. The Morgan fingerprint density at radius 2 is 1.79 bits per heavy atom. The van der Waals surface area contributed by atoms with Gasteiger partial charge in [-0.3, -0.25) is 4.79 Å². The Bertz CT molecular complexity index is 1170. The number of allylic oxidation sites excluding steroid dienone is 1. The molecule has 1 amide bonds. The lowest BCUT2D eigenvalue weighted by molar-refractivity contribution is -0.139. The fourth-order valence-electron chi connectivity index (χ4n) is 3.94. The summed E-state index contributed by atoms with van der Waals surface area (Å²) in [4.78, 5) is 32.0. The van der Waals surface area contributed by atoms with E-state index < -0.39 is 12.0 Å². The number of carbonyl (C=O) groups is 2. The predicted octanol–water partition coefficient (Wildman–Crippen LogP) is 3.15. The molecule has 3 aromatic rings. The van der Waals surface area contributed by atoms with Gasteiger partial charge >= 0.3 is 5.97 Å². The summed E-state index contributed by atoms with van der Waals surface area (Å²) in [6, 6.07) is 17.1. The third-order valence-corrected chi connectivity index (χ3v) is 5.63. The molecular formula is C25H27N5O3. The topological polar surface area (TPSA) is 89.3 Å². The second-order valence-corrected chi connectivity index (χ2v) is 7.89. The number of nitrogens with one attached hydrogen (secondary N) is 1. The number of amides is 1. The van der Waals surface area contributed by atoms with Crippen molar-refractivity contribution in [1.29, 1.82) is 0 Å². The van der Waals surface area contributed by atoms with Crippen LogP contribution in [-0.4, -0.2) is 39.8 Å². The van der Waals surface area contributed by atoms with E-state index in [1.807, 2.05) is 68.4 Å². The number of fused-ring (bicyclic) bond motifs is 1. The average molecular weight is 446 g/mol. The Morgan fingerprint density at radius 3 is 2.48 bits per heavy atom. The zero-order valence-electron chi connectivity index (χ0n) is 19.0. The largest absolute Gasteiger partial charge is 0.463 e. The number of rotatable bonds is 7. The lowest BCUT2D eigenvalue weighted by atomic mass is 9.95. The highest BCUT2D eigenvalue weighted by molar-refractivity contribution is 5.93. The van der Waals surface area contributed by atoms with E-state index in [9.17, 15) is 9.59 Å². The number of carbonyl (C=O) groups excluding carboxylic acids is 2. The standard InChI is InChI=1S/C25H27N5O3/c1-4-33-24(32)22-18(3)29(15-21(31)26-14-19-12-10-17(2)11-13-19)25-27-16-28-30(25)23(22)20-8-6-5-7-9-20/h5-13,16,23H,4,14-15H2,1-3H3,(H,26,31)/t23-/m0/s1. The Labute approximate surface area is 192 Å². The molecule has 0 fully saturated rings. The summed E-state index contributed by atoms with van der Waals surface area (Å²) in [5, 5.41) is 7.34. The van der Waals surface area contributed by atoms with E-state index >= 15 is 0 Å². The Balaban J connectivity index is 1.63. The predicted molar refractivity (Wildman–Crippen MR) is 124 cm³/mol. The highest BCUT2D eigenvalue weighted by atomic mass is 16.5. The van der Waals surface area contributed by atoms with E-state index in [0.29, 0.717) is 23.8 Å². The molecule has 1 aliphatic rings. The monoisotopic (exact) mass is 445 g/mol. The molecule has 1 atom stereocenters. The Kier molecular flexibility index (Phi) is 6.53. The zero-order chi connectivity index (χ0) is 23.4. The van der Waals surface area contributed by atoms with E-state index in [1.165, 1.54) is 6.33 Å². The van der Waals surface area contributed by atoms with Gasteiger partial charge in [0.2, 0.25) is 11.9 Å².